The minimum absolute atomic E-state index is 0.0146. The summed E-state index contributed by atoms with van der Waals surface area (Å²) in [6.07, 6.45) is -0.0627. The number of aryl methyl sites for hydroxylation is 2. The number of urea groups is 1. The second-order valence-electron chi connectivity index (χ2n) is 15.0. The molecule has 5 heterocycles. The third-order valence-corrected chi connectivity index (χ3v) is 12.0. The zero-order valence-electron chi connectivity index (χ0n) is 32.0. The van der Waals surface area contributed by atoms with Crippen LogP contribution >= 0.6 is 11.6 Å². The van der Waals surface area contributed by atoms with Gasteiger partial charge in [0.15, 0.2) is 0 Å². The number of nitrogens with zero attached hydrogens (tertiary/aromatic N) is 6. The van der Waals surface area contributed by atoms with Crippen LogP contribution in [0.5, 0.6) is 5.88 Å². The van der Waals surface area contributed by atoms with E-state index in [4.69, 9.17) is 26.1 Å². The zero-order valence-corrected chi connectivity index (χ0v) is 32.7. The summed E-state index contributed by atoms with van der Waals surface area (Å²) < 4.78 is 53.9. The number of amides is 2. The van der Waals surface area contributed by atoms with Crippen LogP contribution < -0.4 is 20.9 Å². The maximum absolute atomic E-state index is 13.9. The number of hydrogen-bond acceptors (Lipinski definition) is 9. The second-order valence-corrected chi connectivity index (χ2v) is 15.3. The molecule has 2 aliphatic heterocycles. The molecule has 3 aliphatic rings. The molecule has 1 aliphatic carbocycles. The van der Waals surface area contributed by atoms with Crippen LogP contribution in [0.15, 0.2) is 59.5 Å². The fraction of sp³-hybridized carbons (Fsp3) is 0.390. The van der Waals surface area contributed by atoms with Crippen molar-refractivity contribution in [2.24, 2.45) is 7.05 Å². The maximum Gasteiger partial charge on any atom is 0.433 e. The van der Waals surface area contributed by atoms with Crippen molar-refractivity contribution in [2.45, 2.75) is 50.4 Å². The molecule has 2 N–H and O–H groups in total. The van der Waals surface area contributed by atoms with E-state index in [1.54, 1.807) is 26.4 Å². The van der Waals surface area contributed by atoms with Crippen LogP contribution in [0.25, 0.3) is 33.2 Å². The summed E-state index contributed by atoms with van der Waals surface area (Å²) in [6.45, 7) is 5.20. The molecule has 0 radical (unpaired) electrons. The van der Waals surface area contributed by atoms with Gasteiger partial charge in [0.1, 0.15) is 11.5 Å². The standard InChI is InChI=1S/C41H42ClF3N8O4/c1-23-26(7-6-10-29(23)47-36-34-25(21-46-51(2)38(34)54)20-32(49-36)41(43,44)45)27-8-5-9-28(35(27)42)30-19-24-11-12-31(33(24)37(48-30)57-4)53-16-14-40(22-53)13-15-52(17-18-56-3)39(55)50-40/h5-10,19-21,31H,11-18,22H2,1-4H3,(H,47,49)(H,50,55)/t31-,40-/m0/s1. The zero-order chi connectivity index (χ0) is 40.2. The number of ether oxygens (including phenoxy) is 2. The number of halogens is 4. The number of methoxy groups -OCH3 is 2. The lowest BCUT2D eigenvalue weighted by atomic mass is 9.92. The molecule has 57 heavy (non-hydrogen) atoms. The maximum atomic E-state index is 13.9. The Kier molecular flexibility index (Phi) is 10.1. The largest absolute Gasteiger partial charge is 0.481 e. The van der Waals surface area contributed by atoms with Crippen LogP contribution in [0.1, 0.15) is 47.7 Å². The molecule has 298 valence electrons. The minimum Gasteiger partial charge on any atom is -0.481 e. The fourth-order valence-electron chi connectivity index (χ4n) is 8.57. The van der Waals surface area contributed by atoms with Gasteiger partial charge in [-0.05, 0) is 67.5 Å². The van der Waals surface area contributed by atoms with E-state index in [1.807, 2.05) is 36.1 Å². The molecule has 0 bridgehead atoms. The molecule has 16 heteroatoms. The Morgan fingerprint density at radius 2 is 1.79 bits per heavy atom. The van der Waals surface area contributed by atoms with Crippen LogP contribution in [0.2, 0.25) is 5.02 Å². The van der Waals surface area contributed by atoms with Gasteiger partial charge in [-0.2, -0.15) is 18.3 Å². The number of alkyl halides is 3. The van der Waals surface area contributed by atoms with E-state index in [2.05, 4.69) is 31.7 Å². The van der Waals surface area contributed by atoms with Gasteiger partial charge >= 0.3 is 12.2 Å². The lowest BCUT2D eigenvalue weighted by molar-refractivity contribution is -0.141. The average Bonchev–Trinajstić information content (AvgIpc) is 3.80. The molecule has 8 rings (SSSR count). The van der Waals surface area contributed by atoms with Gasteiger partial charge < -0.3 is 25.0 Å². The molecule has 5 aromatic rings. The number of anilines is 2. The Morgan fingerprint density at radius 3 is 2.54 bits per heavy atom. The van der Waals surface area contributed by atoms with Crippen LogP contribution in [-0.2, 0) is 24.4 Å². The van der Waals surface area contributed by atoms with Crippen molar-refractivity contribution < 1.29 is 27.4 Å². The normalized spacial score (nSPS) is 19.7. The van der Waals surface area contributed by atoms with E-state index >= 15 is 0 Å². The highest BCUT2D eigenvalue weighted by atomic mass is 35.5. The van der Waals surface area contributed by atoms with Crippen molar-refractivity contribution in [1.82, 2.24) is 34.9 Å². The number of pyridine rings is 2. The van der Waals surface area contributed by atoms with E-state index in [-0.39, 0.29) is 34.2 Å². The number of likely N-dealkylation sites (tertiary alicyclic amines) is 1. The SMILES string of the molecule is COCCN1CC[C@@]2(CCN([C@H]3CCc4cc(-c5cccc(-c6cccc(Nc7nc(C(F)(F)F)cc8cnn(C)c(=O)c78)c6C)c5Cl)nc(OC)c43)C2)NC1=O. The summed E-state index contributed by atoms with van der Waals surface area (Å²) in [7, 11) is 4.68. The number of fused-ring (bicyclic) bond motifs is 2. The topological polar surface area (TPSA) is 127 Å². The van der Waals surface area contributed by atoms with E-state index in [0.29, 0.717) is 58.7 Å². The van der Waals surface area contributed by atoms with E-state index in [9.17, 15) is 22.8 Å². The minimum atomic E-state index is -4.75. The lowest BCUT2D eigenvalue weighted by Crippen LogP contribution is -2.61. The lowest BCUT2D eigenvalue weighted by Gasteiger charge is -2.40. The van der Waals surface area contributed by atoms with Gasteiger partial charge in [-0.1, -0.05) is 41.9 Å². The number of benzene rings is 2. The Hall–Kier alpha value is -5.25. The highest BCUT2D eigenvalue weighted by Crippen LogP contribution is 2.47. The van der Waals surface area contributed by atoms with E-state index in [0.717, 1.165) is 66.2 Å². The van der Waals surface area contributed by atoms with Gasteiger partial charge in [0.25, 0.3) is 5.56 Å². The first-order valence-electron chi connectivity index (χ1n) is 18.8. The number of carbonyl (C=O) groups excluding carboxylic acids is 1. The summed E-state index contributed by atoms with van der Waals surface area (Å²) in [6, 6.07) is 14.0. The Labute approximate surface area is 331 Å². The molecule has 1 spiro atoms. The highest BCUT2D eigenvalue weighted by Gasteiger charge is 2.46. The molecule has 2 aromatic carbocycles. The van der Waals surface area contributed by atoms with Gasteiger partial charge in [-0.25, -0.2) is 19.4 Å². The number of aromatic nitrogens is 4. The molecule has 2 fully saturated rings. The van der Waals surface area contributed by atoms with Crippen LogP contribution in [-0.4, -0.2) is 88.1 Å². The highest BCUT2D eigenvalue weighted by molar-refractivity contribution is 6.36. The van der Waals surface area contributed by atoms with Crippen molar-refractivity contribution in [3.63, 3.8) is 0 Å². The smallest absolute Gasteiger partial charge is 0.433 e. The van der Waals surface area contributed by atoms with Crippen molar-refractivity contribution in [1.29, 1.82) is 0 Å². The third kappa shape index (κ3) is 7.06. The Balaban J connectivity index is 1.08. The first kappa shape index (κ1) is 38.6. The van der Waals surface area contributed by atoms with Crippen molar-refractivity contribution in [3.8, 4) is 28.3 Å². The predicted octanol–water partition coefficient (Wildman–Crippen LogP) is 7.28. The monoisotopic (exact) mass is 802 g/mol. The summed E-state index contributed by atoms with van der Waals surface area (Å²) in [5, 5.41) is 10.7. The molecule has 2 atom stereocenters. The summed E-state index contributed by atoms with van der Waals surface area (Å²) in [4.78, 5) is 39.2. The average molecular weight is 803 g/mol. The van der Waals surface area contributed by atoms with Gasteiger partial charge in [-0.3, -0.25) is 9.69 Å². The van der Waals surface area contributed by atoms with Crippen LogP contribution in [0, 0.1) is 6.92 Å². The number of hydrogen-bond donors (Lipinski definition) is 2. The quantitative estimate of drug-likeness (QED) is 0.158. The van der Waals surface area contributed by atoms with E-state index in [1.165, 1.54) is 13.2 Å². The molecule has 2 saturated heterocycles. The Bertz CT molecular complexity index is 2460. The summed E-state index contributed by atoms with van der Waals surface area (Å²) in [5.74, 6) is 0.309. The van der Waals surface area contributed by atoms with Gasteiger partial charge in [0, 0.05) is 74.1 Å². The first-order chi connectivity index (χ1) is 27.3. The molecule has 0 unspecified atom stereocenters. The number of carbonyl (C=O) groups is 1. The molecular formula is C41H42ClF3N8O4. The van der Waals surface area contributed by atoms with Gasteiger partial charge in [0.2, 0.25) is 5.88 Å². The molecular weight excluding hydrogens is 761 g/mol. The van der Waals surface area contributed by atoms with Crippen molar-refractivity contribution in [2.75, 3.05) is 52.3 Å². The number of rotatable bonds is 9. The van der Waals surface area contributed by atoms with Crippen LogP contribution in [0.4, 0.5) is 29.5 Å². The Morgan fingerprint density at radius 1 is 1.04 bits per heavy atom. The molecule has 12 nitrogen and oxygen atoms in total. The molecule has 2 amide bonds. The number of nitrogens with one attached hydrogen (secondary N) is 2. The second kappa shape index (κ2) is 14.9. The van der Waals surface area contributed by atoms with Crippen molar-refractivity contribution >= 4 is 39.9 Å². The first-order valence-corrected chi connectivity index (χ1v) is 19.2. The van der Waals surface area contributed by atoms with E-state index < -0.39 is 17.4 Å². The van der Waals surface area contributed by atoms with Crippen molar-refractivity contribution in [3.05, 3.63) is 92.5 Å². The summed E-state index contributed by atoms with van der Waals surface area (Å²) >= 11 is 7.22. The fourth-order valence-corrected chi connectivity index (χ4v) is 8.89. The molecule has 3 aromatic heterocycles. The van der Waals surface area contributed by atoms with Gasteiger partial charge in [0.05, 0.1) is 41.6 Å². The molecule has 0 saturated carbocycles. The van der Waals surface area contributed by atoms with Crippen LogP contribution in [0.3, 0.4) is 0 Å². The predicted molar refractivity (Wildman–Crippen MR) is 211 cm³/mol. The van der Waals surface area contributed by atoms with Gasteiger partial charge in [-0.15, -0.1) is 0 Å². The summed E-state index contributed by atoms with van der Waals surface area (Å²) in [5.41, 5.74) is 4.09. The third-order valence-electron chi connectivity index (χ3n) is 11.6.